The number of nitrogens with zero attached hydrogens (tertiary/aromatic N) is 2. The zero-order valence-corrected chi connectivity index (χ0v) is 14.6. The summed E-state index contributed by atoms with van der Waals surface area (Å²) in [4.78, 5) is 12.7. The van der Waals surface area contributed by atoms with Crippen LogP contribution in [0, 0.1) is 24.7 Å². The smallest absolute Gasteiger partial charge is 0.229 e. The molecular formula is C20H25N3O2. The number of aryl methyl sites for hydroxylation is 1. The summed E-state index contributed by atoms with van der Waals surface area (Å²) < 4.78 is 1.70. The lowest BCUT2D eigenvalue weighted by Gasteiger charge is -2.07. The van der Waals surface area contributed by atoms with Crippen molar-refractivity contribution in [2.24, 2.45) is 17.8 Å². The Hall–Kier alpha value is -2.14. The Balaban J connectivity index is 1.56. The third-order valence-corrected chi connectivity index (χ3v) is 5.72. The number of nitrogens with one attached hydrogen (secondary N) is 1. The first kappa shape index (κ1) is 16.3. The highest BCUT2D eigenvalue weighted by Crippen LogP contribution is 2.55. The van der Waals surface area contributed by atoms with Crippen molar-refractivity contribution in [3.8, 4) is 11.3 Å². The van der Waals surface area contributed by atoms with Gasteiger partial charge in [-0.15, -0.1) is 0 Å². The first-order chi connectivity index (χ1) is 12.2. The Kier molecular flexibility index (Phi) is 4.34. The molecule has 0 spiro atoms. The highest BCUT2D eigenvalue weighted by atomic mass is 16.3. The van der Waals surface area contributed by atoms with Crippen molar-refractivity contribution in [3.05, 3.63) is 35.9 Å². The lowest BCUT2D eigenvalue weighted by Crippen LogP contribution is -2.19. The van der Waals surface area contributed by atoms with E-state index in [-0.39, 0.29) is 18.4 Å². The number of aliphatic hydroxyl groups is 1. The zero-order valence-electron chi connectivity index (χ0n) is 14.6. The maximum Gasteiger partial charge on any atom is 0.229 e. The van der Waals surface area contributed by atoms with Crippen LogP contribution in [0.15, 0.2) is 30.3 Å². The van der Waals surface area contributed by atoms with Crippen LogP contribution in [0.2, 0.25) is 0 Å². The summed E-state index contributed by atoms with van der Waals surface area (Å²) in [7, 11) is 0. The first-order valence-electron chi connectivity index (χ1n) is 9.24. The summed E-state index contributed by atoms with van der Waals surface area (Å²) in [6.45, 7) is 2.42. The monoisotopic (exact) mass is 339 g/mol. The lowest BCUT2D eigenvalue weighted by atomic mass is 10.0. The van der Waals surface area contributed by atoms with E-state index >= 15 is 0 Å². The molecule has 2 N–H and O–H groups in total. The molecule has 2 atom stereocenters. The summed E-state index contributed by atoms with van der Waals surface area (Å²) in [5.41, 5.74) is 3.02. The number of rotatable bonds is 5. The van der Waals surface area contributed by atoms with Gasteiger partial charge in [0.25, 0.3) is 0 Å². The van der Waals surface area contributed by atoms with Crippen molar-refractivity contribution in [1.29, 1.82) is 0 Å². The van der Waals surface area contributed by atoms with Gasteiger partial charge >= 0.3 is 0 Å². The van der Waals surface area contributed by atoms with Crippen LogP contribution < -0.4 is 5.32 Å². The molecular weight excluding hydrogens is 314 g/mol. The molecule has 25 heavy (non-hydrogen) atoms. The Morgan fingerprint density at radius 3 is 2.68 bits per heavy atom. The standard InChI is InChI=1S/C20H25N3O2/c1-13-6-2-3-7-14(13)17-12-18(23(22-17)10-11-24)21-20(25)19-15-8-4-5-9-16(15)19/h2-3,6-7,12,15-16,19,24H,4-5,8-11H2,1H3,(H,21,25)/t15-,16-/m0/s1. The summed E-state index contributed by atoms with van der Waals surface area (Å²) in [5.74, 6) is 2.13. The van der Waals surface area contributed by atoms with Gasteiger partial charge in [-0.3, -0.25) is 4.79 Å². The number of amides is 1. The molecule has 1 heterocycles. The van der Waals surface area contributed by atoms with Crippen LogP contribution in [0.25, 0.3) is 11.3 Å². The quantitative estimate of drug-likeness (QED) is 0.879. The van der Waals surface area contributed by atoms with Crippen LogP contribution in [0.1, 0.15) is 31.2 Å². The molecule has 0 aliphatic heterocycles. The van der Waals surface area contributed by atoms with E-state index in [1.54, 1.807) is 4.68 Å². The van der Waals surface area contributed by atoms with Gasteiger partial charge in [0.05, 0.1) is 18.8 Å². The topological polar surface area (TPSA) is 67.2 Å². The second-order valence-electron chi connectivity index (χ2n) is 7.30. The molecule has 5 nitrogen and oxygen atoms in total. The predicted octanol–water partition coefficient (Wildman–Crippen LogP) is 3.23. The Morgan fingerprint density at radius 1 is 1.28 bits per heavy atom. The number of carbonyl (C=O) groups is 1. The number of aromatic nitrogens is 2. The van der Waals surface area contributed by atoms with Crippen molar-refractivity contribution >= 4 is 11.7 Å². The number of hydrogen-bond acceptors (Lipinski definition) is 3. The minimum Gasteiger partial charge on any atom is -0.394 e. The second-order valence-corrected chi connectivity index (χ2v) is 7.30. The number of fused-ring (bicyclic) bond motifs is 1. The van der Waals surface area contributed by atoms with E-state index in [9.17, 15) is 9.90 Å². The molecule has 2 fully saturated rings. The second kappa shape index (κ2) is 6.64. The van der Waals surface area contributed by atoms with Crippen LogP contribution in [0.4, 0.5) is 5.82 Å². The van der Waals surface area contributed by atoms with E-state index in [1.165, 1.54) is 25.7 Å². The number of hydrogen-bond donors (Lipinski definition) is 2. The largest absolute Gasteiger partial charge is 0.394 e. The molecule has 5 heteroatoms. The van der Waals surface area contributed by atoms with Crippen molar-refractivity contribution in [2.75, 3.05) is 11.9 Å². The molecule has 4 rings (SSSR count). The molecule has 1 aromatic heterocycles. The molecule has 2 aromatic rings. The molecule has 1 aromatic carbocycles. The van der Waals surface area contributed by atoms with E-state index < -0.39 is 0 Å². The van der Waals surface area contributed by atoms with Gasteiger partial charge in [-0.05, 0) is 37.2 Å². The summed E-state index contributed by atoms with van der Waals surface area (Å²) in [5, 5.41) is 17.0. The van der Waals surface area contributed by atoms with Crippen LogP contribution in [0.5, 0.6) is 0 Å². The Labute approximate surface area is 148 Å². The molecule has 1 amide bonds. The van der Waals surface area contributed by atoms with E-state index in [1.807, 2.05) is 37.3 Å². The summed E-state index contributed by atoms with van der Waals surface area (Å²) in [6, 6.07) is 9.99. The summed E-state index contributed by atoms with van der Waals surface area (Å²) >= 11 is 0. The zero-order chi connectivity index (χ0) is 17.4. The van der Waals surface area contributed by atoms with E-state index in [4.69, 9.17) is 0 Å². The SMILES string of the molecule is Cc1ccccc1-c1cc(NC(=O)C2[C@H]3CCCC[C@H]23)n(CCO)n1. The van der Waals surface area contributed by atoms with Crippen LogP contribution in [-0.2, 0) is 11.3 Å². The maximum atomic E-state index is 12.7. The highest BCUT2D eigenvalue weighted by Gasteiger charge is 2.54. The van der Waals surface area contributed by atoms with Crippen LogP contribution in [-0.4, -0.2) is 27.4 Å². The molecule has 2 aliphatic carbocycles. The average molecular weight is 339 g/mol. The molecule has 0 saturated heterocycles. The number of benzene rings is 1. The van der Waals surface area contributed by atoms with E-state index in [2.05, 4.69) is 10.4 Å². The van der Waals surface area contributed by atoms with Gasteiger partial charge in [-0.25, -0.2) is 4.68 Å². The van der Waals surface area contributed by atoms with Crippen molar-refractivity contribution < 1.29 is 9.90 Å². The van der Waals surface area contributed by atoms with Gasteiger partial charge in [-0.2, -0.15) is 5.10 Å². The number of carbonyl (C=O) groups excluding carboxylic acids is 1. The number of aliphatic hydroxyl groups excluding tert-OH is 1. The fraction of sp³-hybridized carbons (Fsp3) is 0.500. The Bertz CT molecular complexity index is 771. The molecule has 0 bridgehead atoms. The lowest BCUT2D eigenvalue weighted by molar-refractivity contribution is -0.117. The predicted molar refractivity (Wildman–Crippen MR) is 97.1 cm³/mol. The van der Waals surface area contributed by atoms with Gasteiger partial charge in [-0.1, -0.05) is 37.1 Å². The Morgan fingerprint density at radius 2 is 2.00 bits per heavy atom. The minimum atomic E-state index is -0.00750. The fourth-order valence-electron chi connectivity index (χ4n) is 4.37. The molecule has 2 aliphatic rings. The third kappa shape index (κ3) is 3.09. The van der Waals surface area contributed by atoms with Gasteiger partial charge in [0.1, 0.15) is 5.82 Å². The molecule has 132 valence electrons. The normalized spacial score (nSPS) is 24.6. The van der Waals surface area contributed by atoms with E-state index in [0.29, 0.717) is 24.2 Å². The van der Waals surface area contributed by atoms with Crippen LogP contribution in [0.3, 0.4) is 0 Å². The van der Waals surface area contributed by atoms with Gasteiger partial charge in [0.2, 0.25) is 5.91 Å². The van der Waals surface area contributed by atoms with Crippen molar-refractivity contribution in [1.82, 2.24) is 9.78 Å². The van der Waals surface area contributed by atoms with Gasteiger partial charge < -0.3 is 10.4 Å². The summed E-state index contributed by atoms with van der Waals surface area (Å²) in [6.07, 6.45) is 4.88. The molecule has 2 saturated carbocycles. The van der Waals surface area contributed by atoms with Crippen LogP contribution >= 0.6 is 0 Å². The minimum absolute atomic E-state index is 0.00750. The van der Waals surface area contributed by atoms with Gasteiger partial charge in [0, 0.05) is 17.5 Å². The van der Waals surface area contributed by atoms with Crippen molar-refractivity contribution in [2.45, 2.75) is 39.2 Å². The van der Waals surface area contributed by atoms with Gasteiger partial charge in [0.15, 0.2) is 0 Å². The fourth-order valence-corrected chi connectivity index (χ4v) is 4.37. The first-order valence-corrected chi connectivity index (χ1v) is 9.24. The van der Waals surface area contributed by atoms with Crippen molar-refractivity contribution in [3.63, 3.8) is 0 Å². The third-order valence-electron chi connectivity index (χ3n) is 5.72. The maximum absolute atomic E-state index is 12.7. The molecule has 0 radical (unpaired) electrons. The number of anilines is 1. The highest BCUT2D eigenvalue weighted by molar-refractivity contribution is 5.94. The average Bonchev–Trinajstić information content (AvgIpc) is 3.23. The molecule has 0 unspecified atom stereocenters. The van der Waals surface area contributed by atoms with E-state index in [0.717, 1.165) is 16.8 Å².